The summed E-state index contributed by atoms with van der Waals surface area (Å²) in [5.74, 6) is -0.298. The molecule has 17 fully saturated rings. The molecule has 0 radical (unpaired) electrons. The average molecular weight is 1960 g/mol. The van der Waals surface area contributed by atoms with Crippen molar-refractivity contribution in [1.82, 2.24) is 84.1 Å². The molecule has 0 unspecified atom stereocenters. The standard InChI is InChI=1S/C15H30N2O.C14H29N3.C13H28N2.C11H21NO.C10H17F2N.C10H19NO.C9H18N2.C9H17NO.C8H16N2O.C8H17NO.C6H15N/c1-15(2,3)17-8-5-14(6-9-17)4-7-16-10-12-18-13-11-16;1-14(2,3)17-12-10-16(11-13-17)9-8-15-6-4-5-7-15;1-13(2,3)15-10-7-12(8-11-15)6-9-14(4)5;1-10(2,3)12-6-4-11(5-7-12)8-13-9-11;1-8(2,3)13-6-9(7-13)4-10(11,12)5-9;1-9(2,3)11-5-4-10(6-11)7-12-8-10;1-8(2,3)11-6-9(7-11)4-10-5-9;1-8(2,3)10-4-9(5-10)6-11-7-9;1-8(2,3)10-5-4-9-7(11)6-10;1-8(2,3)9-4-6-10-7-5-9;1-6(2,3)7(4)5/h14H,4-13H2,1-3H3;4-13H2,1-3H3;12H,6-11H2,1-5H3;4-9H2,1-3H3;4-7H2,1-3H3;4-8H2,1-3H3;10H,4-7H2,1-3H3;4-7H2,1-3H3;4-6H2,1-3H3,(H,9,11);4-7H2,1-3H3;1-5H3. The molecule has 0 aromatic carbocycles. The van der Waals surface area contributed by atoms with E-state index in [4.69, 9.17) is 23.7 Å². The predicted octanol–water partition coefficient (Wildman–Crippen LogP) is 16.6. The van der Waals surface area contributed by atoms with Gasteiger partial charge in [-0.1, -0.05) is 0 Å². The maximum absolute atomic E-state index is 12.7. The fourth-order valence-electron chi connectivity index (χ4n) is 21.5. The van der Waals surface area contributed by atoms with Gasteiger partial charge in [-0.05, 0) is 411 Å². The third-order valence-corrected chi connectivity index (χ3v) is 33.5. The summed E-state index contributed by atoms with van der Waals surface area (Å²) in [6.07, 6.45) is 15.4. The smallest absolute Gasteiger partial charge is 0.249 e. The van der Waals surface area contributed by atoms with Crippen molar-refractivity contribution in [2.45, 2.75) is 379 Å². The van der Waals surface area contributed by atoms with E-state index in [1.807, 2.05) is 0 Å². The zero-order valence-corrected chi connectivity index (χ0v) is 97.7. The Morgan fingerprint density at radius 2 is 0.630 bits per heavy atom. The normalized spacial score (nSPS) is 25.8. The van der Waals surface area contributed by atoms with Crippen molar-refractivity contribution in [1.29, 1.82) is 0 Å². The van der Waals surface area contributed by atoms with Crippen molar-refractivity contribution in [3.8, 4) is 0 Å². The third-order valence-electron chi connectivity index (χ3n) is 33.5. The molecule has 16 saturated heterocycles. The topological polar surface area (TPSA) is 136 Å². The molecule has 25 heteroatoms. The average Bonchev–Trinajstić information content (AvgIpc) is 0.903. The first-order valence-electron chi connectivity index (χ1n) is 55.6. The summed E-state index contributed by atoms with van der Waals surface area (Å²) in [7, 11) is 8.51. The summed E-state index contributed by atoms with van der Waals surface area (Å²) in [5, 5.41) is 6.15. The molecule has 1 amide bonds. The SMILES string of the molecule is CC(C)(C)N1CC2(C1)CC(F)(F)C2.CC(C)(C)N1CC2(CNC2)C1.CC(C)(C)N1CC2(COC2)C1.CC(C)(C)N1CCC(CCN2CCOCC2)CC1.CC(C)(C)N1CCC2(CC1)COC2.CC(C)(C)N1CCC2(COC2)C1.CC(C)(C)N1CCN(CCN2CCCC2)CC1.CC(C)(C)N1CCNC(=O)C1.CC(C)(C)N1CCOCC1.CN(C)C(C)(C)C.CN(C)CCC1CCN(C(C)(C)C)CC1. The van der Waals surface area contributed by atoms with Crippen LogP contribution in [-0.2, 0) is 28.5 Å². The van der Waals surface area contributed by atoms with Crippen LogP contribution < -0.4 is 10.6 Å². The van der Waals surface area contributed by atoms with E-state index in [0.29, 0.717) is 78.1 Å². The molecule has 16 aliphatic heterocycles. The van der Waals surface area contributed by atoms with E-state index >= 15 is 0 Å². The number of carbonyl (C=O) groups excluding carboxylic acids is 1. The summed E-state index contributed by atoms with van der Waals surface area (Å²) in [5.41, 5.74) is 5.83. The molecule has 17 rings (SSSR count). The molecule has 5 spiro atoms. The molecular formula is C113H227F2N17O6. The first-order chi connectivity index (χ1) is 63.4. The number of piperazine rings is 2. The number of ether oxygens (including phenoxy) is 5. The highest BCUT2D eigenvalue weighted by Gasteiger charge is 2.63. The molecule has 1 saturated carbocycles. The predicted molar refractivity (Wildman–Crippen MR) is 579 cm³/mol. The second kappa shape index (κ2) is 51.8. The minimum absolute atomic E-state index is 0.0171. The van der Waals surface area contributed by atoms with Crippen LogP contribution >= 0.6 is 0 Å². The first-order valence-corrected chi connectivity index (χ1v) is 55.6. The van der Waals surface area contributed by atoms with Gasteiger partial charge in [0.2, 0.25) is 11.8 Å². The van der Waals surface area contributed by atoms with Gasteiger partial charge in [0.15, 0.2) is 0 Å². The number of alkyl halides is 2. The van der Waals surface area contributed by atoms with Crippen LogP contribution in [0.3, 0.4) is 0 Å². The fraction of sp³-hybridized carbons (Fsp3) is 0.991. The lowest BCUT2D eigenvalue weighted by Gasteiger charge is -2.62. The van der Waals surface area contributed by atoms with Gasteiger partial charge in [0.25, 0.3) is 0 Å². The van der Waals surface area contributed by atoms with Gasteiger partial charge < -0.3 is 49.0 Å². The maximum Gasteiger partial charge on any atom is 0.249 e. The Labute approximate surface area is 850 Å². The molecule has 0 bridgehead atoms. The second-order valence-corrected chi connectivity index (χ2v) is 57.2. The zero-order chi connectivity index (χ0) is 103. The van der Waals surface area contributed by atoms with Crippen LogP contribution in [0.4, 0.5) is 8.78 Å². The Kier molecular flexibility index (Phi) is 46.3. The van der Waals surface area contributed by atoms with Crippen LogP contribution in [0.25, 0.3) is 0 Å². The number of rotatable bonds is 9. The molecule has 17 aliphatic rings. The van der Waals surface area contributed by atoms with Crippen molar-refractivity contribution in [2.24, 2.45) is 38.9 Å². The van der Waals surface area contributed by atoms with E-state index in [1.165, 1.54) is 228 Å². The van der Waals surface area contributed by atoms with E-state index in [-0.39, 0.29) is 35.2 Å². The molecule has 814 valence electrons. The minimum Gasteiger partial charge on any atom is -0.380 e. The Balaban J connectivity index is 0.000000208. The largest absolute Gasteiger partial charge is 0.380 e. The number of hydrogen-bond acceptors (Lipinski definition) is 22. The Hall–Kier alpha value is -1.51. The van der Waals surface area contributed by atoms with Crippen molar-refractivity contribution < 1.29 is 37.3 Å². The highest BCUT2D eigenvalue weighted by atomic mass is 19.3. The summed E-state index contributed by atoms with van der Waals surface area (Å²) in [6.45, 7) is 123. The monoisotopic (exact) mass is 1960 g/mol. The van der Waals surface area contributed by atoms with Gasteiger partial charge in [-0.2, -0.15) is 0 Å². The van der Waals surface area contributed by atoms with Gasteiger partial charge in [-0.15, -0.1) is 0 Å². The quantitative estimate of drug-likeness (QED) is 0.226. The van der Waals surface area contributed by atoms with Crippen LogP contribution in [0, 0.1) is 38.9 Å². The number of likely N-dealkylation sites (tertiary alicyclic amines) is 8. The van der Waals surface area contributed by atoms with Crippen molar-refractivity contribution in [2.75, 3.05) is 310 Å². The number of piperidine rings is 3. The molecule has 2 N–H and O–H groups in total. The zero-order valence-electron chi connectivity index (χ0n) is 97.7. The Morgan fingerprint density at radius 1 is 0.319 bits per heavy atom. The summed E-state index contributed by atoms with van der Waals surface area (Å²) < 4.78 is 51.8. The van der Waals surface area contributed by atoms with Crippen LogP contribution in [-0.4, -0.2) is 456 Å². The number of morpholine rings is 2. The van der Waals surface area contributed by atoms with Crippen molar-refractivity contribution in [3.05, 3.63) is 0 Å². The van der Waals surface area contributed by atoms with Crippen LogP contribution in [0.2, 0.25) is 0 Å². The molecule has 23 nitrogen and oxygen atoms in total. The molecule has 0 aromatic rings. The molecule has 0 aromatic heterocycles. The van der Waals surface area contributed by atoms with E-state index < -0.39 is 5.92 Å². The van der Waals surface area contributed by atoms with E-state index in [1.54, 1.807) is 0 Å². The lowest BCUT2D eigenvalue weighted by atomic mass is 9.60. The molecule has 0 atom stereocenters. The maximum atomic E-state index is 12.7. The van der Waals surface area contributed by atoms with Gasteiger partial charge in [-0.3, -0.25) is 63.6 Å². The highest BCUT2D eigenvalue weighted by molar-refractivity contribution is 5.78. The van der Waals surface area contributed by atoms with E-state index in [9.17, 15) is 13.6 Å². The summed E-state index contributed by atoms with van der Waals surface area (Å²) in [4.78, 5) is 48.3. The second-order valence-electron chi connectivity index (χ2n) is 57.2. The van der Waals surface area contributed by atoms with Crippen molar-refractivity contribution >= 4 is 5.91 Å². The van der Waals surface area contributed by atoms with Gasteiger partial charge in [0.1, 0.15) is 0 Å². The molecule has 16 heterocycles. The Bertz CT molecular complexity index is 3320. The minimum atomic E-state index is -2.36. The fourth-order valence-corrected chi connectivity index (χ4v) is 21.5. The first kappa shape index (κ1) is 123. The summed E-state index contributed by atoms with van der Waals surface area (Å²) in [6, 6.07) is 0. The number of hydrogen-bond donors (Lipinski definition) is 2. The van der Waals surface area contributed by atoms with Crippen LogP contribution in [0.1, 0.15) is 312 Å². The molecule has 1 aliphatic carbocycles. The lowest BCUT2D eigenvalue weighted by Crippen LogP contribution is -2.73. The van der Waals surface area contributed by atoms with Gasteiger partial charge >= 0.3 is 0 Å². The lowest BCUT2D eigenvalue weighted by molar-refractivity contribution is -0.227. The van der Waals surface area contributed by atoms with Gasteiger partial charge in [0.05, 0.1) is 72.6 Å². The number of nitrogens with zero attached hydrogens (tertiary/aromatic N) is 15. The number of halogens is 2. The van der Waals surface area contributed by atoms with Crippen molar-refractivity contribution in [3.63, 3.8) is 0 Å². The third kappa shape index (κ3) is 41.8. The van der Waals surface area contributed by atoms with Gasteiger partial charge in [-0.25, -0.2) is 8.78 Å². The number of nitrogens with one attached hydrogen (secondary N) is 2. The van der Waals surface area contributed by atoms with Crippen LogP contribution in [0.15, 0.2) is 0 Å². The molecular weight excluding hydrogens is 1730 g/mol. The number of carbonyl (C=O) groups is 1. The molecule has 138 heavy (non-hydrogen) atoms. The van der Waals surface area contributed by atoms with Crippen LogP contribution in [0.5, 0.6) is 0 Å². The number of amides is 1. The van der Waals surface area contributed by atoms with E-state index in [2.05, 4.69) is 341 Å². The van der Waals surface area contributed by atoms with E-state index in [0.717, 1.165) is 130 Å². The summed E-state index contributed by atoms with van der Waals surface area (Å²) >= 11 is 0. The van der Waals surface area contributed by atoms with Gasteiger partial charge in [0, 0.05) is 238 Å². The highest BCUT2D eigenvalue weighted by Crippen LogP contribution is 2.58. The Morgan fingerprint density at radius 3 is 0.935 bits per heavy atom.